The van der Waals surface area contributed by atoms with Crippen molar-refractivity contribution in [3.8, 4) is 55.6 Å². The normalized spacial score (nSPS) is 14.9. The number of benzene rings is 9. The average molecular weight is 733 g/mol. The largest absolute Gasteiger partial charge is 0.0619 e. The lowest BCUT2D eigenvalue weighted by Crippen LogP contribution is -2.15. The van der Waals surface area contributed by atoms with Crippen LogP contribution in [0, 0.1) is 6.92 Å². The van der Waals surface area contributed by atoms with Gasteiger partial charge >= 0.3 is 0 Å². The van der Waals surface area contributed by atoms with Gasteiger partial charge < -0.3 is 0 Å². The second-order valence-corrected chi connectivity index (χ2v) is 19.1. The lowest BCUT2D eigenvalue weighted by molar-refractivity contribution is 0.591. The van der Waals surface area contributed by atoms with Gasteiger partial charge in [0.15, 0.2) is 0 Å². The molecule has 0 saturated heterocycles. The first-order valence-electron chi connectivity index (χ1n) is 20.7. The Morgan fingerprint density at radius 1 is 0.351 bits per heavy atom. The summed E-state index contributed by atoms with van der Waals surface area (Å²) in [7, 11) is 0. The van der Waals surface area contributed by atoms with Crippen LogP contribution in [0.2, 0.25) is 0 Å². The molecule has 0 bridgehead atoms. The maximum atomic E-state index is 2.50. The molecule has 0 unspecified atom stereocenters. The van der Waals surface area contributed by atoms with E-state index in [2.05, 4.69) is 201 Å². The Balaban J connectivity index is 1.14. The number of aryl methyl sites for hydroxylation is 1. The molecule has 0 N–H and O–H groups in total. The molecular formula is C57H48. The van der Waals surface area contributed by atoms with Crippen LogP contribution in [0.15, 0.2) is 146 Å². The van der Waals surface area contributed by atoms with Gasteiger partial charge in [-0.3, -0.25) is 0 Å². The SMILES string of the molecule is Cc1cc(-c2ccc3c(c2)C(C)(C)c2ccccc2-3)c(-c2cc3ccc4cc(C(C)(C)C)cc5ccc(c2)c3c45)cc1-c1ccc2c(c1)C(C)(C)c1ccccc1-2. The summed E-state index contributed by atoms with van der Waals surface area (Å²) in [5.74, 6) is 0. The summed E-state index contributed by atoms with van der Waals surface area (Å²) < 4.78 is 0. The van der Waals surface area contributed by atoms with Crippen LogP contribution in [0.5, 0.6) is 0 Å². The van der Waals surface area contributed by atoms with Gasteiger partial charge in [-0.15, -0.1) is 0 Å². The van der Waals surface area contributed by atoms with E-state index in [0.717, 1.165) is 0 Å². The van der Waals surface area contributed by atoms with E-state index in [-0.39, 0.29) is 16.2 Å². The number of hydrogen-bond donors (Lipinski definition) is 0. The first kappa shape index (κ1) is 34.3. The zero-order valence-corrected chi connectivity index (χ0v) is 34.4. The second kappa shape index (κ2) is 11.5. The van der Waals surface area contributed by atoms with Gasteiger partial charge in [-0.1, -0.05) is 164 Å². The molecular weight excluding hydrogens is 685 g/mol. The van der Waals surface area contributed by atoms with Crippen molar-refractivity contribution in [2.24, 2.45) is 0 Å². The quantitative estimate of drug-likeness (QED) is 0.159. The highest BCUT2D eigenvalue weighted by Gasteiger charge is 2.37. The number of hydrogen-bond acceptors (Lipinski definition) is 0. The summed E-state index contributed by atoms with van der Waals surface area (Å²) in [5.41, 5.74) is 21.3. The highest BCUT2D eigenvalue weighted by atomic mass is 14.4. The van der Waals surface area contributed by atoms with Gasteiger partial charge in [-0.05, 0) is 164 Å². The third kappa shape index (κ3) is 4.86. The minimum atomic E-state index is -0.0740. The van der Waals surface area contributed by atoms with E-state index in [9.17, 15) is 0 Å². The smallest absolute Gasteiger partial charge is 0.0159 e. The van der Waals surface area contributed by atoms with Crippen molar-refractivity contribution in [3.05, 3.63) is 179 Å². The predicted molar refractivity (Wildman–Crippen MR) is 245 cm³/mol. The van der Waals surface area contributed by atoms with E-state index in [1.165, 1.54) is 121 Å². The fourth-order valence-corrected chi connectivity index (χ4v) is 10.7. The molecule has 9 aromatic carbocycles. The van der Waals surface area contributed by atoms with Crippen LogP contribution in [0.1, 0.15) is 81.8 Å². The van der Waals surface area contributed by atoms with Gasteiger partial charge in [0, 0.05) is 10.8 Å². The molecule has 0 heteroatoms. The van der Waals surface area contributed by atoms with Gasteiger partial charge in [-0.2, -0.15) is 0 Å². The van der Waals surface area contributed by atoms with Gasteiger partial charge in [0.2, 0.25) is 0 Å². The fourth-order valence-electron chi connectivity index (χ4n) is 10.7. The lowest BCUT2D eigenvalue weighted by atomic mass is 9.80. The monoisotopic (exact) mass is 732 g/mol. The van der Waals surface area contributed by atoms with Crippen LogP contribution >= 0.6 is 0 Å². The van der Waals surface area contributed by atoms with E-state index >= 15 is 0 Å². The molecule has 0 saturated carbocycles. The Morgan fingerprint density at radius 3 is 1.26 bits per heavy atom. The highest BCUT2D eigenvalue weighted by molar-refractivity contribution is 6.24. The van der Waals surface area contributed by atoms with Crippen LogP contribution in [0.4, 0.5) is 0 Å². The molecule has 0 aromatic heterocycles. The van der Waals surface area contributed by atoms with Crippen molar-refractivity contribution in [3.63, 3.8) is 0 Å². The summed E-state index contributed by atoms with van der Waals surface area (Å²) in [5, 5.41) is 7.96. The Morgan fingerprint density at radius 2 is 0.772 bits per heavy atom. The number of fused-ring (bicyclic) bond motifs is 6. The molecule has 2 aliphatic carbocycles. The maximum absolute atomic E-state index is 2.50. The minimum Gasteiger partial charge on any atom is -0.0619 e. The molecule has 0 fully saturated rings. The van der Waals surface area contributed by atoms with Crippen molar-refractivity contribution in [1.82, 2.24) is 0 Å². The molecule has 11 rings (SSSR count). The van der Waals surface area contributed by atoms with Gasteiger partial charge in [0.05, 0.1) is 0 Å². The Kier molecular flexibility index (Phi) is 6.95. The molecule has 276 valence electrons. The Hall–Kier alpha value is -5.98. The van der Waals surface area contributed by atoms with E-state index in [4.69, 9.17) is 0 Å². The Labute approximate surface area is 337 Å². The third-order valence-corrected chi connectivity index (χ3v) is 13.9. The van der Waals surface area contributed by atoms with Gasteiger partial charge in [0.1, 0.15) is 0 Å². The average Bonchev–Trinajstić information content (AvgIpc) is 3.58. The number of rotatable bonds is 3. The lowest BCUT2D eigenvalue weighted by Gasteiger charge is -2.24. The molecule has 0 radical (unpaired) electrons. The van der Waals surface area contributed by atoms with Crippen molar-refractivity contribution in [1.29, 1.82) is 0 Å². The van der Waals surface area contributed by atoms with E-state index in [1.807, 2.05) is 0 Å². The molecule has 0 spiro atoms. The molecule has 9 aromatic rings. The summed E-state index contributed by atoms with van der Waals surface area (Å²) in [6.07, 6.45) is 0. The first-order valence-corrected chi connectivity index (χ1v) is 20.7. The van der Waals surface area contributed by atoms with Crippen LogP contribution in [-0.2, 0) is 16.2 Å². The standard InChI is InChI=1S/C57H48/c1-33-25-47(35-22-24-45-43-14-10-12-16-50(43)57(7,8)52(45)31-35)48(32-46(33)34-21-23-44-42-13-9-11-15-49(42)56(5,6)51(44)30-34)40-26-36-17-19-38-28-41(55(2,3)4)29-39-20-18-37(27-40)53(36)54(38)39/h9-32H,1-8H3. The molecule has 0 aliphatic heterocycles. The van der Waals surface area contributed by atoms with Gasteiger partial charge in [-0.25, -0.2) is 0 Å². The van der Waals surface area contributed by atoms with Crippen LogP contribution in [-0.4, -0.2) is 0 Å². The van der Waals surface area contributed by atoms with E-state index in [0.29, 0.717) is 0 Å². The van der Waals surface area contributed by atoms with Gasteiger partial charge in [0.25, 0.3) is 0 Å². The van der Waals surface area contributed by atoms with Crippen molar-refractivity contribution in [2.45, 2.75) is 71.6 Å². The first-order chi connectivity index (χ1) is 27.3. The highest BCUT2D eigenvalue weighted by Crippen LogP contribution is 2.52. The third-order valence-electron chi connectivity index (χ3n) is 13.9. The van der Waals surface area contributed by atoms with E-state index in [1.54, 1.807) is 0 Å². The Bertz CT molecular complexity index is 3090. The summed E-state index contributed by atoms with van der Waals surface area (Å²) in [4.78, 5) is 0. The van der Waals surface area contributed by atoms with Crippen LogP contribution in [0.25, 0.3) is 88.0 Å². The summed E-state index contributed by atoms with van der Waals surface area (Å²) in [6.45, 7) is 18.7. The summed E-state index contributed by atoms with van der Waals surface area (Å²) >= 11 is 0. The predicted octanol–water partition coefficient (Wildman–Crippen LogP) is 15.8. The topological polar surface area (TPSA) is 0 Å². The van der Waals surface area contributed by atoms with Crippen LogP contribution < -0.4 is 0 Å². The molecule has 0 heterocycles. The van der Waals surface area contributed by atoms with Crippen molar-refractivity contribution >= 4 is 32.3 Å². The molecule has 57 heavy (non-hydrogen) atoms. The molecule has 0 nitrogen and oxygen atoms in total. The van der Waals surface area contributed by atoms with Crippen molar-refractivity contribution < 1.29 is 0 Å². The molecule has 2 aliphatic rings. The zero-order valence-electron chi connectivity index (χ0n) is 34.4. The van der Waals surface area contributed by atoms with Crippen LogP contribution in [0.3, 0.4) is 0 Å². The fraction of sp³-hybridized carbons (Fsp3) is 0.193. The molecule has 0 amide bonds. The zero-order chi connectivity index (χ0) is 39.2. The minimum absolute atomic E-state index is 0.0595. The molecule has 0 atom stereocenters. The summed E-state index contributed by atoms with van der Waals surface area (Å²) in [6, 6.07) is 56.4. The maximum Gasteiger partial charge on any atom is 0.0159 e. The van der Waals surface area contributed by atoms with E-state index < -0.39 is 0 Å². The second-order valence-electron chi connectivity index (χ2n) is 19.1. The van der Waals surface area contributed by atoms with Crippen molar-refractivity contribution in [2.75, 3.05) is 0 Å².